The number of carbonyl (C=O) groups is 2. The highest BCUT2D eigenvalue weighted by Gasteiger charge is 2.25. The number of carboxylic acids is 1. The number of carboxylic acid groups (broad SMARTS) is 1. The predicted molar refractivity (Wildman–Crippen MR) is 145 cm³/mol. The van der Waals surface area contributed by atoms with E-state index in [1.54, 1.807) is 33.6 Å². The van der Waals surface area contributed by atoms with Gasteiger partial charge in [0.1, 0.15) is 12.2 Å². The maximum atomic E-state index is 12.7. The van der Waals surface area contributed by atoms with Crippen molar-refractivity contribution in [3.63, 3.8) is 0 Å². The number of fused-ring (bicyclic) bond motifs is 1. The van der Waals surface area contributed by atoms with Gasteiger partial charge in [-0.2, -0.15) is 0 Å². The number of aromatic nitrogens is 2. The van der Waals surface area contributed by atoms with E-state index in [-0.39, 0.29) is 12.5 Å². The van der Waals surface area contributed by atoms with Gasteiger partial charge in [0.2, 0.25) is 0 Å². The Hall–Kier alpha value is -3.05. The summed E-state index contributed by atoms with van der Waals surface area (Å²) in [4.78, 5) is 37.8. The first-order valence-corrected chi connectivity index (χ1v) is 13.3. The molecule has 0 atom stereocenters. The number of piperazine rings is 1. The maximum Gasteiger partial charge on any atom is 0.324 e. The summed E-state index contributed by atoms with van der Waals surface area (Å²) in [5, 5.41) is 13.7. The minimum atomic E-state index is -0.950. The third-order valence-corrected chi connectivity index (χ3v) is 7.56. The average Bonchev–Trinajstić information content (AvgIpc) is 3.31. The van der Waals surface area contributed by atoms with E-state index in [1.807, 2.05) is 18.2 Å². The van der Waals surface area contributed by atoms with Gasteiger partial charge in [-0.3, -0.25) is 9.59 Å². The van der Waals surface area contributed by atoms with Crippen LogP contribution < -0.4 is 14.5 Å². The van der Waals surface area contributed by atoms with Gasteiger partial charge in [0.25, 0.3) is 5.91 Å². The van der Waals surface area contributed by atoms with Crippen LogP contribution in [0, 0.1) is 0 Å². The van der Waals surface area contributed by atoms with Crippen LogP contribution in [-0.2, 0) is 11.2 Å². The lowest BCUT2D eigenvalue weighted by Gasteiger charge is -2.27. The fourth-order valence-electron chi connectivity index (χ4n) is 4.39. The van der Waals surface area contributed by atoms with Gasteiger partial charge in [0.05, 0.1) is 12.4 Å². The van der Waals surface area contributed by atoms with Crippen molar-refractivity contribution in [1.82, 2.24) is 20.2 Å². The lowest BCUT2D eigenvalue weighted by atomic mass is 10.1. The fourth-order valence-corrected chi connectivity index (χ4v) is 6.05. The summed E-state index contributed by atoms with van der Waals surface area (Å²) in [5.74, 6) is -0.397. The third kappa shape index (κ3) is 5.93. The number of amides is 1. The molecule has 37 heavy (non-hydrogen) atoms. The van der Waals surface area contributed by atoms with E-state index in [4.69, 9.17) is 23.2 Å². The number of carbonyl (C=O) groups excluding carboxylic acids is 1. The summed E-state index contributed by atoms with van der Waals surface area (Å²) < 4.78 is 1.70. The van der Waals surface area contributed by atoms with Crippen LogP contribution in [0.2, 0.25) is 10.0 Å². The van der Waals surface area contributed by atoms with Gasteiger partial charge >= 0.3 is 5.97 Å². The summed E-state index contributed by atoms with van der Waals surface area (Å²) in [6, 6.07) is 11.0. The van der Waals surface area contributed by atoms with E-state index in [9.17, 15) is 14.7 Å². The SMILES string of the molecule is O=C(O)CN(Sc1cc(Cl)cc(Cl)c1)c1ccc2c(c1)CCN2c1cnc(C(=O)N2CCNCC2)cn1. The molecule has 0 saturated carbocycles. The molecule has 0 radical (unpaired) electrons. The molecular formula is C25H24Cl2N6O3S. The molecule has 5 rings (SSSR count). The molecule has 1 fully saturated rings. The van der Waals surface area contributed by atoms with Crippen molar-refractivity contribution in [2.75, 3.05) is 48.5 Å². The molecule has 2 aliphatic rings. The van der Waals surface area contributed by atoms with Crippen LogP contribution >= 0.6 is 35.1 Å². The van der Waals surface area contributed by atoms with Crippen molar-refractivity contribution >= 4 is 64.2 Å². The normalized spacial score (nSPS) is 15.0. The maximum absolute atomic E-state index is 12.7. The van der Waals surface area contributed by atoms with E-state index in [1.165, 1.54) is 18.1 Å². The van der Waals surface area contributed by atoms with Crippen molar-refractivity contribution in [3.8, 4) is 0 Å². The molecule has 12 heteroatoms. The zero-order valence-corrected chi connectivity index (χ0v) is 22.1. The Morgan fingerprint density at radius 2 is 1.78 bits per heavy atom. The van der Waals surface area contributed by atoms with E-state index < -0.39 is 5.97 Å². The highest BCUT2D eigenvalue weighted by molar-refractivity contribution is 8.00. The Bertz CT molecular complexity index is 1300. The van der Waals surface area contributed by atoms with Crippen LogP contribution in [0.3, 0.4) is 0 Å². The van der Waals surface area contributed by atoms with Crippen LogP contribution in [0.4, 0.5) is 17.2 Å². The topological polar surface area (TPSA) is 102 Å². The van der Waals surface area contributed by atoms with Crippen molar-refractivity contribution in [3.05, 3.63) is 70.1 Å². The van der Waals surface area contributed by atoms with Crippen LogP contribution in [0.5, 0.6) is 0 Å². The molecule has 9 nitrogen and oxygen atoms in total. The monoisotopic (exact) mass is 558 g/mol. The number of nitrogens with one attached hydrogen (secondary N) is 1. The van der Waals surface area contributed by atoms with Crippen molar-refractivity contribution < 1.29 is 14.7 Å². The number of rotatable bonds is 7. The molecule has 1 saturated heterocycles. The summed E-state index contributed by atoms with van der Waals surface area (Å²) in [5.41, 5.74) is 3.14. The summed E-state index contributed by atoms with van der Waals surface area (Å²) in [6.07, 6.45) is 3.93. The smallest absolute Gasteiger partial charge is 0.324 e. The molecule has 0 unspecified atom stereocenters. The zero-order valence-electron chi connectivity index (χ0n) is 19.7. The number of aliphatic carboxylic acids is 1. The predicted octanol–water partition coefficient (Wildman–Crippen LogP) is 4.12. The van der Waals surface area contributed by atoms with Crippen molar-refractivity contribution in [2.45, 2.75) is 11.3 Å². The van der Waals surface area contributed by atoms with E-state index in [0.717, 1.165) is 41.3 Å². The molecule has 0 aliphatic carbocycles. The molecule has 1 amide bonds. The van der Waals surface area contributed by atoms with Crippen LogP contribution in [0.25, 0.3) is 0 Å². The fraction of sp³-hybridized carbons (Fsp3) is 0.280. The van der Waals surface area contributed by atoms with Gasteiger partial charge in [-0.25, -0.2) is 9.97 Å². The first kappa shape index (κ1) is 25.6. The molecule has 192 valence electrons. The number of hydrogen-bond acceptors (Lipinski definition) is 8. The van der Waals surface area contributed by atoms with E-state index in [0.29, 0.717) is 41.2 Å². The van der Waals surface area contributed by atoms with Crippen molar-refractivity contribution in [2.24, 2.45) is 0 Å². The quantitative estimate of drug-likeness (QED) is 0.414. The molecule has 1 aromatic heterocycles. The third-order valence-electron chi connectivity index (χ3n) is 6.12. The number of anilines is 3. The van der Waals surface area contributed by atoms with Gasteiger partial charge in [-0.05, 0) is 60.3 Å². The molecule has 2 aliphatic heterocycles. The van der Waals surface area contributed by atoms with Crippen LogP contribution in [-0.4, -0.2) is 71.1 Å². The van der Waals surface area contributed by atoms with Gasteiger partial charge in [-0.1, -0.05) is 23.2 Å². The highest BCUT2D eigenvalue weighted by atomic mass is 35.5. The number of nitrogens with zero attached hydrogens (tertiary/aromatic N) is 5. The first-order valence-electron chi connectivity index (χ1n) is 11.7. The lowest BCUT2D eigenvalue weighted by molar-refractivity contribution is -0.135. The Morgan fingerprint density at radius 3 is 2.46 bits per heavy atom. The number of benzene rings is 2. The van der Waals surface area contributed by atoms with Gasteiger partial charge in [-0.15, -0.1) is 0 Å². The van der Waals surface area contributed by atoms with Crippen molar-refractivity contribution in [1.29, 1.82) is 0 Å². The van der Waals surface area contributed by atoms with Crippen LogP contribution in [0.15, 0.2) is 53.7 Å². The summed E-state index contributed by atoms with van der Waals surface area (Å²) >= 11 is 13.5. The Kier molecular flexibility index (Phi) is 7.71. The number of hydrogen-bond donors (Lipinski definition) is 2. The van der Waals surface area contributed by atoms with E-state index >= 15 is 0 Å². The van der Waals surface area contributed by atoms with Gasteiger partial charge < -0.3 is 24.5 Å². The van der Waals surface area contributed by atoms with Gasteiger partial charge in [0, 0.05) is 59.0 Å². The summed E-state index contributed by atoms with van der Waals surface area (Å²) in [7, 11) is 0. The molecule has 2 N–H and O–H groups in total. The lowest BCUT2D eigenvalue weighted by Crippen LogP contribution is -2.46. The minimum Gasteiger partial charge on any atom is -0.480 e. The second kappa shape index (κ2) is 11.1. The second-order valence-corrected chi connectivity index (χ2v) is 10.6. The largest absolute Gasteiger partial charge is 0.480 e. The first-order chi connectivity index (χ1) is 17.9. The van der Waals surface area contributed by atoms with E-state index in [2.05, 4.69) is 20.2 Å². The molecule has 3 aromatic rings. The molecule has 0 bridgehead atoms. The Morgan fingerprint density at radius 1 is 1.03 bits per heavy atom. The average molecular weight is 559 g/mol. The summed E-state index contributed by atoms with van der Waals surface area (Å²) in [6.45, 7) is 3.37. The molecule has 2 aromatic carbocycles. The zero-order chi connectivity index (χ0) is 25.9. The molecular weight excluding hydrogens is 535 g/mol. The second-order valence-electron chi connectivity index (χ2n) is 8.64. The number of halogens is 2. The van der Waals surface area contributed by atoms with Gasteiger partial charge in [0.15, 0.2) is 5.82 Å². The molecule has 0 spiro atoms. The Labute approximate surface area is 228 Å². The standard InChI is InChI=1S/C25H24Cl2N6O3S/c26-17-10-18(27)12-20(11-17)37-33(15-24(34)35)19-1-2-22-16(9-19)3-6-32(22)23-14-29-21(13-30-23)25(36)31-7-4-28-5-8-31/h1-2,9-14,28H,3-8,15H2,(H,34,35). The molecule has 3 heterocycles. The van der Waals surface area contributed by atoms with Crippen LogP contribution in [0.1, 0.15) is 16.1 Å². The highest BCUT2D eigenvalue weighted by Crippen LogP contribution is 2.38. The minimum absolute atomic E-state index is 0.107. The Balaban J connectivity index is 1.34.